The molecule has 1 aliphatic heterocycles. The Labute approximate surface area is 42.9 Å². The lowest BCUT2D eigenvalue weighted by molar-refractivity contribution is -0.856. The van der Waals surface area contributed by atoms with Gasteiger partial charge < -0.3 is 10.3 Å². The Morgan fingerprint density at radius 2 is 2.43 bits per heavy atom. The molecule has 7 heavy (non-hydrogen) atoms. The Morgan fingerprint density at radius 3 is 2.71 bits per heavy atom. The fourth-order valence-electron chi connectivity index (χ4n) is 0.727. The van der Waals surface area contributed by atoms with Gasteiger partial charge in [0.2, 0.25) is 0 Å². The summed E-state index contributed by atoms with van der Waals surface area (Å²) in [6, 6.07) is 0. The summed E-state index contributed by atoms with van der Waals surface area (Å²) in [6.45, 7) is 2.40. The lowest BCUT2D eigenvalue weighted by Gasteiger charge is -2.26. The average Bonchev–Trinajstić information content (AvgIpc) is 1.69. The largest absolute Gasteiger partial charge is 0.633 e. The summed E-state index contributed by atoms with van der Waals surface area (Å²) >= 11 is 0. The van der Waals surface area contributed by atoms with Crippen molar-refractivity contribution in [1.82, 2.24) is 5.32 Å². The predicted octanol–water partition coefficient (Wildman–Crippen LogP) is -1.68. The van der Waals surface area contributed by atoms with Gasteiger partial charge in [0, 0.05) is 13.0 Å². The van der Waals surface area contributed by atoms with Crippen molar-refractivity contribution in [2.75, 3.05) is 19.8 Å². The van der Waals surface area contributed by atoms with E-state index in [0.717, 1.165) is 19.5 Å². The maximum Gasteiger partial charge on any atom is 0.130 e. The Bertz CT molecular complexity index is 51.7. The highest BCUT2D eigenvalue weighted by molar-refractivity contribution is 4.44. The Kier molecular flexibility index (Phi) is 1.62. The van der Waals surface area contributed by atoms with Crippen molar-refractivity contribution in [2.45, 2.75) is 6.42 Å². The van der Waals surface area contributed by atoms with Crippen LogP contribution in [0.2, 0.25) is 0 Å². The van der Waals surface area contributed by atoms with E-state index >= 15 is 0 Å². The minimum absolute atomic E-state index is 0.353. The first-order chi connectivity index (χ1) is 3.39. The zero-order valence-corrected chi connectivity index (χ0v) is 4.24. The van der Waals surface area contributed by atoms with Crippen LogP contribution in [0.1, 0.15) is 6.42 Å². The minimum atomic E-state index is 0.353. The molecule has 0 aliphatic carbocycles. The van der Waals surface area contributed by atoms with Crippen LogP contribution in [0, 0.1) is 5.21 Å². The van der Waals surface area contributed by atoms with E-state index in [4.69, 9.17) is 0 Å². The highest BCUT2D eigenvalue weighted by atomic mass is 16.5. The molecule has 0 spiro atoms. The first-order valence-corrected chi connectivity index (χ1v) is 2.62. The van der Waals surface area contributed by atoms with Crippen molar-refractivity contribution in [1.29, 1.82) is 0 Å². The summed E-state index contributed by atoms with van der Waals surface area (Å²) in [4.78, 5) is 0. The maximum absolute atomic E-state index is 10.4. The molecule has 3 heteroatoms. The second-order valence-corrected chi connectivity index (χ2v) is 1.82. The molecule has 1 saturated heterocycles. The number of rotatable bonds is 0. The number of nitrogens with one attached hydrogen (secondary N) is 2. The summed E-state index contributed by atoms with van der Waals surface area (Å²) in [5.41, 5.74) is 0. The van der Waals surface area contributed by atoms with Crippen molar-refractivity contribution in [3.05, 3.63) is 5.21 Å². The molecule has 1 heterocycles. The van der Waals surface area contributed by atoms with Gasteiger partial charge in [0.05, 0.1) is 6.54 Å². The monoisotopic (exact) mass is 102 g/mol. The normalized spacial score (nSPS) is 33.0. The van der Waals surface area contributed by atoms with E-state index in [0.29, 0.717) is 11.7 Å². The van der Waals surface area contributed by atoms with Crippen LogP contribution >= 0.6 is 0 Å². The van der Waals surface area contributed by atoms with Crippen LogP contribution in [0.4, 0.5) is 0 Å². The third-order valence-corrected chi connectivity index (χ3v) is 1.13. The summed E-state index contributed by atoms with van der Waals surface area (Å²) in [5.74, 6) is 0. The molecule has 0 radical (unpaired) electrons. The zero-order chi connectivity index (χ0) is 5.11. The Balaban J connectivity index is 2.12. The molecule has 2 N–H and O–H groups in total. The molecule has 1 rings (SSSR count). The van der Waals surface area contributed by atoms with Gasteiger partial charge in [-0.15, -0.1) is 0 Å². The first-order valence-electron chi connectivity index (χ1n) is 2.62. The van der Waals surface area contributed by atoms with E-state index in [1.54, 1.807) is 0 Å². The lowest BCUT2D eigenvalue weighted by Crippen LogP contribution is -3.10. The fourth-order valence-corrected chi connectivity index (χ4v) is 0.727. The van der Waals surface area contributed by atoms with Gasteiger partial charge in [0.25, 0.3) is 0 Å². The summed E-state index contributed by atoms with van der Waals surface area (Å²) in [6.07, 6.45) is 1.03. The molecular weight excluding hydrogens is 92.1 g/mol. The van der Waals surface area contributed by atoms with Crippen LogP contribution in [0.15, 0.2) is 0 Å². The molecule has 1 atom stereocenters. The van der Waals surface area contributed by atoms with Crippen molar-refractivity contribution in [3.63, 3.8) is 0 Å². The van der Waals surface area contributed by atoms with Gasteiger partial charge in [-0.3, -0.25) is 5.32 Å². The van der Waals surface area contributed by atoms with Crippen LogP contribution < -0.4 is 10.4 Å². The second-order valence-electron chi connectivity index (χ2n) is 1.82. The number of quaternary nitrogens is 1. The number of hydrogen-bond donors (Lipinski definition) is 2. The highest BCUT2D eigenvalue weighted by Gasteiger charge is 2.01. The highest BCUT2D eigenvalue weighted by Crippen LogP contribution is 1.70. The Morgan fingerprint density at radius 1 is 1.57 bits per heavy atom. The van der Waals surface area contributed by atoms with E-state index in [-0.39, 0.29) is 0 Å². The molecule has 1 unspecified atom stereocenters. The third-order valence-electron chi connectivity index (χ3n) is 1.13. The molecule has 1 fully saturated rings. The molecule has 0 amide bonds. The lowest BCUT2D eigenvalue weighted by atomic mass is 10.4. The SMILES string of the molecule is [O-][NH+]1CCCNC1. The van der Waals surface area contributed by atoms with Crippen LogP contribution in [-0.4, -0.2) is 19.8 Å². The molecule has 42 valence electrons. The molecule has 0 saturated carbocycles. The fraction of sp³-hybridized carbons (Fsp3) is 1.00. The van der Waals surface area contributed by atoms with Crippen LogP contribution in [0.5, 0.6) is 0 Å². The summed E-state index contributed by atoms with van der Waals surface area (Å²) < 4.78 is 0. The van der Waals surface area contributed by atoms with Crippen molar-refractivity contribution < 1.29 is 5.06 Å². The number of hydroxylamine groups is 2. The van der Waals surface area contributed by atoms with Crippen molar-refractivity contribution in [2.24, 2.45) is 0 Å². The van der Waals surface area contributed by atoms with E-state index in [9.17, 15) is 5.21 Å². The van der Waals surface area contributed by atoms with Crippen molar-refractivity contribution in [3.8, 4) is 0 Å². The smallest absolute Gasteiger partial charge is 0.130 e. The van der Waals surface area contributed by atoms with Crippen LogP contribution in [0.25, 0.3) is 0 Å². The predicted molar refractivity (Wildman–Crippen MR) is 26.7 cm³/mol. The molecule has 3 nitrogen and oxygen atoms in total. The van der Waals surface area contributed by atoms with Crippen LogP contribution in [-0.2, 0) is 0 Å². The molecule has 1 aliphatic rings. The second kappa shape index (κ2) is 2.26. The Hall–Kier alpha value is -0.120. The summed E-state index contributed by atoms with van der Waals surface area (Å²) in [7, 11) is 0. The molecule has 0 aromatic rings. The number of hydrogen-bond acceptors (Lipinski definition) is 2. The van der Waals surface area contributed by atoms with Gasteiger partial charge in [-0.05, 0) is 0 Å². The molecule has 0 bridgehead atoms. The van der Waals surface area contributed by atoms with E-state index in [2.05, 4.69) is 5.32 Å². The van der Waals surface area contributed by atoms with Crippen LogP contribution in [0.3, 0.4) is 0 Å². The third kappa shape index (κ3) is 1.43. The first kappa shape index (κ1) is 5.03. The maximum atomic E-state index is 10.4. The van der Waals surface area contributed by atoms with Gasteiger partial charge in [-0.25, -0.2) is 0 Å². The topological polar surface area (TPSA) is 39.5 Å². The van der Waals surface area contributed by atoms with E-state index < -0.39 is 0 Å². The minimum Gasteiger partial charge on any atom is -0.633 e. The molecule has 0 aromatic carbocycles. The van der Waals surface area contributed by atoms with Gasteiger partial charge in [0.15, 0.2) is 0 Å². The van der Waals surface area contributed by atoms with Gasteiger partial charge in [-0.2, -0.15) is 0 Å². The zero-order valence-electron chi connectivity index (χ0n) is 4.24. The summed E-state index contributed by atoms with van der Waals surface area (Å²) in [5, 5.41) is 13.7. The quantitative estimate of drug-likeness (QED) is 0.359. The van der Waals surface area contributed by atoms with Crippen molar-refractivity contribution >= 4 is 0 Å². The van der Waals surface area contributed by atoms with E-state index in [1.807, 2.05) is 0 Å². The van der Waals surface area contributed by atoms with E-state index in [1.165, 1.54) is 0 Å². The van der Waals surface area contributed by atoms with Gasteiger partial charge >= 0.3 is 0 Å². The van der Waals surface area contributed by atoms with Gasteiger partial charge in [-0.1, -0.05) is 0 Å². The molecule has 0 aromatic heterocycles. The van der Waals surface area contributed by atoms with Gasteiger partial charge in [0.1, 0.15) is 6.67 Å². The standard InChI is InChI=1S/C4H10N2O/c7-6-3-1-2-5-4-6/h5-6H,1-4H2. The average molecular weight is 102 g/mol. The molecular formula is C4H10N2O.